The number of carboxylic acid groups (broad SMARTS) is 1. The van der Waals surface area contributed by atoms with Gasteiger partial charge in [0, 0.05) is 5.41 Å². The molecule has 4 rings (SSSR count). The number of fused-ring (bicyclic) bond motifs is 4. The van der Waals surface area contributed by atoms with Crippen molar-refractivity contribution >= 4 is 11.9 Å². The molecule has 0 radical (unpaired) electrons. The number of carboxylic acids is 1. The van der Waals surface area contributed by atoms with Gasteiger partial charge in [-0.1, -0.05) is 51.7 Å². The largest absolute Gasteiger partial charge is 0.481 e. The molecule has 0 aromatic carbocycles. The van der Waals surface area contributed by atoms with Crippen LogP contribution >= 0.6 is 0 Å². The molecule has 210 valence electrons. The van der Waals surface area contributed by atoms with E-state index in [4.69, 9.17) is 9.84 Å². The quantitative estimate of drug-likeness (QED) is 0.189. The number of hydrogen-bond donors (Lipinski definition) is 2. The van der Waals surface area contributed by atoms with Crippen LogP contribution in [0.1, 0.15) is 131 Å². The van der Waals surface area contributed by atoms with E-state index in [1.54, 1.807) is 11.1 Å². The summed E-state index contributed by atoms with van der Waals surface area (Å²) in [5.74, 6) is 0.687. The van der Waals surface area contributed by atoms with Crippen LogP contribution in [0.4, 0.5) is 0 Å². The summed E-state index contributed by atoms with van der Waals surface area (Å²) in [5, 5.41) is 19.0. The van der Waals surface area contributed by atoms with Crippen molar-refractivity contribution in [2.45, 2.75) is 143 Å². The molecule has 0 aliphatic heterocycles. The van der Waals surface area contributed by atoms with Gasteiger partial charge in [-0.25, -0.2) is 0 Å². The lowest BCUT2D eigenvalue weighted by Gasteiger charge is -2.60. The molecular formula is C32H52O5. The molecule has 0 heterocycles. The number of esters is 1. The third-order valence-electron chi connectivity index (χ3n) is 11.5. The van der Waals surface area contributed by atoms with Crippen LogP contribution in [0, 0.1) is 34.0 Å². The van der Waals surface area contributed by atoms with Gasteiger partial charge in [-0.05, 0) is 107 Å². The van der Waals surface area contributed by atoms with Crippen molar-refractivity contribution in [3.63, 3.8) is 0 Å². The van der Waals surface area contributed by atoms with Crippen molar-refractivity contribution in [3.8, 4) is 0 Å². The second-order valence-corrected chi connectivity index (χ2v) is 14.6. The third kappa shape index (κ3) is 5.54. The number of allylic oxidation sites excluding steroid dienone is 2. The van der Waals surface area contributed by atoms with Gasteiger partial charge in [0.1, 0.15) is 6.10 Å². The SMILES string of the molecule is CC(C)(O)CCCCC1CCC2C3=C(CCC12C)C1(C)CCC(OC(=O)CCC(=O)O)C(C)(C)C1CC3. The fourth-order valence-corrected chi connectivity index (χ4v) is 9.44. The highest BCUT2D eigenvalue weighted by atomic mass is 16.5. The molecule has 0 spiro atoms. The number of unbranched alkanes of at least 4 members (excludes halogenated alkanes) is 1. The highest BCUT2D eigenvalue weighted by molar-refractivity contribution is 5.76. The highest BCUT2D eigenvalue weighted by Crippen LogP contribution is 2.67. The molecule has 2 N–H and O–H groups in total. The van der Waals surface area contributed by atoms with Gasteiger partial charge in [-0.15, -0.1) is 0 Å². The number of carbonyl (C=O) groups excluding carboxylic acids is 1. The van der Waals surface area contributed by atoms with E-state index in [9.17, 15) is 14.7 Å². The summed E-state index contributed by atoms with van der Waals surface area (Å²) in [5.41, 5.74) is 3.46. The average molecular weight is 517 g/mol. The Labute approximate surface area is 224 Å². The minimum Gasteiger partial charge on any atom is -0.481 e. The molecule has 6 atom stereocenters. The van der Waals surface area contributed by atoms with Crippen LogP contribution in [0.15, 0.2) is 11.1 Å². The Kier molecular flexibility index (Phi) is 7.99. The van der Waals surface area contributed by atoms with Gasteiger partial charge in [0.15, 0.2) is 0 Å². The van der Waals surface area contributed by atoms with Crippen molar-refractivity contribution in [1.82, 2.24) is 0 Å². The van der Waals surface area contributed by atoms with Gasteiger partial charge < -0.3 is 14.9 Å². The molecular weight excluding hydrogens is 464 g/mol. The molecule has 5 nitrogen and oxygen atoms in total. The third-order valence-corrected chi connectivity index (χ3v) is 11.5. The second kappa shape index (κ2) is 10.3. The van der Waals surface area contributed by atoms with Gasteiger partial charge >= 0.3 is 11.9 Å². The molecule has 0 amide bonds. The van der Waals surface area contributed by atoms with Crippen LogP contribution < -0.4 is 0 Å². The van der Waals surface area contributed by atoms with Gasteiger partial charge in [0.2, 0.25) is 0 Å². The van der Waals surface area contributed by atoms with Crippen molar-refractivity contribution in [3.05, 3.63) is 11.1 Å². The van der Waals surface area contributed by atoms with Crippen LogP contribution in [-0.4, -0.2) is 33.9 Å². The van der Waals surface area contributed by atoms with Gasteiger partial charge in [0.25, 0.3) is 0 Å². The van der Waals surface area contributed by atoms with Crippen molar-refractivity contribution in [1.29, 1.82) is 0 Å². The molecule has 4 aliphatic rings. The summed E-state index contributed by atoms with van der Waals surface area (Å²) in [4.78, 5) is 23.3. The standard InChI is InChI=1S/C32H52O5/c1-29(2,36)18-8-7-9-21-10-12-23-22-11-13-25-30(3,4)26(37-28(35)15-14-27(33)34)17-20-32(25,6)24(22)16-19-31(21,23)5/h21,23,25-26,36H,7-20H2,1-6H3,(H,33,34). The van der Waals surface area contributed by atoms with E-state index in [0.29, 0.717) is 11.3 Å². The summed E-state index contributed by atoms with van der Waals surface area (Å²) >= 11 is 0. The lowest BCUT2D eigenvalue weighted by Crippen LogP contribution is -2.54. The highest BCUT2D eigenvalue weighted by Gasteiger charge is 2.59. The summed E-state index contributed by atoms with van der Waals surface area (Å²) in [7, 11) is 0. The van der Waals surface area contributed by atoms with E-state index >= 15 is 0 Å². The Hall–Kier alpha value is -1.36. The Morgan fingerprint density at radius 1 is 0.973 bits per heavy atom. The number of carbonyl (C=O) groups is 2. The zero-order chi connectivity index (χ0) is 27.2. The van der Waals surface area contributed by atoms with E-state index in [-0.39, 0.29) is 35.7 Å². The normalized spacial score (nSPS) is 36.9. The molecule has 0 aromatic rings. The first kappa shape index (κ1) is 28.6. The fraction of sp³-hybridized carbons (Fsp3) is 0.875. The van der Waals surface area contributed by atoms with Crippen LogP contribution in [0.25, 0.3) is 0 Å². The van der Waals surface area contributed by atoms with Crippen molar-refractivity contribution < 1.29 is 24.5 Å². The van der Waals surface area contributed by atoms with E-state index < -0.39 is 11.6 Å². The first-order valence-electron chi connectivity index (χ1n) is 15.0. The lowest BCUT2D eigenvalue weighted by atomic mass is 9.46. The average Bonchev–Trinajstić information content (AvgIpc) is 3.13. The minimum atomic E-state index is -0.952. The van der Waals surface area contributed by atoms with E-state index in [1.165, 1.54) is 44.9 Å². The molecule has 4 aliphatic carbocycles. The molecule has 37 heavy (non-hydrogen) atoms. The number of aliphatic carboxylic acids is 1. The minimum absolute atomic E-state index is 0.0433. The van der Waals surface area contributed by atoms with Crippen LogP contribution in [0.2, 0.25) is 0 Å². The maximum absolute atomic E-state index is 12.4. The van der Waals surface area contributed by atoms with Crippen molar-refractivity contribution in [2.24, 2.45) is 34.0 Å². The van der Waals surface area contributed by atoms with Gasteiger partial charge in [-0.3, -0.25) is 9.59 Å². The molecule has 2 saturated carbocycles. The number of aliphatic hydroxyl groups is 1. The maximum atomic E-state index is 12.4. The Bertz CT molecular complexity index is 911. The Morgan fingerprint density at radius 2 is 1.70 bits per heavy atom. The molecule has 0 bridgehead atoms. The predicted molar refractivity (Wildman–Crippen MR) is 146 cm³/mol. The van der Waals surface area contributed by atoms with Crippen molar-refractivity contribution in [2.75, 3.05) is 0 Å². The van der Waals surface area contributed by atoms with Crippen LogP contribution in [0.5, 0.6) is 0 Å². The number of rotatable bonds is 9. The smallest absolute Gasteiger partial charge is 0.306 e. The molecule has 2 fully saturated rings. The molecule has 0 aromatic heterocycles. The zero-order valence-corrected chi connectivity index (χ0v) is 24.3. The first-order chi connectivity index (χ1) is 17.2. The zero-order valence-electron chi connectivity index (χ0n) is 24.3. The summed E-state index contributed by atoms with van der Waals surface area (Å²) in [6, 6.07) is 0. The molecule has 0 saturated heterocycles. The lowest BCUT2D eigenvalue weighted by molar-refractivity contribution is -0.170. The number of hydrogen-bond acceptors (Lipinski definition) is 4. The monoisotopic (exact) mass is 516 g/mol. The van der Waals surface area contributed by atoms with Gasteiger partial charge in [0.05, 0.1) is 18.4 Å². The molecule has 5 heteroatoms. The van der Waals surface area contributed by atoms with E-state index in [2.05, 4.69) is 27.7 Å². The van der Waals surface area contributed by atoms with E-state index in [1.807, 2.05) is 13.8 Å². The summed E-state index contributed by atoms with van der Waals surface area (Å²) < 4.78 is 5.92. The Morgan fingerprint density at radius 3 is 2.38 bits per heavy atom. The van der Waals surface area contributed by atoms with E-state index in [0.717, 1.165) is 43.9 Å². The Balaban J connectivity index is 1.46. The second-order valence-electron chi connectivity index (χ2n) is 14.6. The first-order valence-corrected chi connectivity index (χ1v) is 15.0. The van der Waals surface area contributed by atoms with Gasteiger partial charge in [-0.2, -0.15) is 0 Å². The van der Waals surface area contributed by atoms with Crippen LogP contribution in [0.3, 0.4) is 0 Å². The fourth-order valence-electron chi connectivity index (χ4n) is 9.44. The van der Waals surface area contributed by atoms with Crippen LogP contribution in [-0.2, 0) is 14.3 Å². The number of ether oxygens (including phenoxy) is 1. The summed E-state index contributed by atoms with van der Waals surface area (Å²) in [6.07, 6.45) is 13.6. The predicted octanol–water partition coefficient (Wildman–Crippen LogP) is 7.45. The topological polar surface area (TPSA) is 83.8 Å². The maximum Gasteiger partial charge on any atom is 0.306 e. The summed E-state index contributed by atoms with van der Waals surface area (Å²) in [6.45, 7) is 13.5. The molecule has 6 unspecified atom stereocenters.